The van der Waals surface area contributed by atoms with Gasteiger partial charge in [-0.25, -0.2) is 4.98 Å². The molecule has 90 valence electrons. The Bertz CT molecular complexity index is 471. The number of rotatable bonds is 5. The lowest BCUT2D eigenvalue weighted by Crippen LogP contribution is -2.15. The van der Waals surface area contributed by atoms with E-state index in [1.807, 2.05) is 6.33 Å². The first kappa shape index (κ1) is 11.0. The smallest absolute Gasteiger partial charge is 0.0955 e. The minimum absolute atomic E-state index is 0.386. The van der Waals surface area contributed by atoms with Crippen LogP contribution in [0, 0.1) is 0 Å². The molecule has 2 aromatic rings. The maximum atomic E-state index is 4.45. The minimum atomic E-state index is 0.386. The van der Waals surface area contributed by atoms with Gasteiger partial charge in [-0.3, -0.25) is 0 Å². The number of hydrogen-bond acceptors (Lipinski definition) is 3. The number of aromatic nitrogens is 2. The van der Waals surface area contributed by atoms with Crippen LogP contribution in [-0.2, 0) is 6.54 Å². The Balaban J connectivity index is 1.66. The van der Waals surface area contributed by atoms with Crippen LogP contribution in [0.5, 0.6) is 0 Å². The van der Waals surface area contributed by atoms with Gasteiger partial charge in [-0.1, -0.05) is 6.07 Å². The Morgan fingerprint density at radius 3 is 3.18 bits per heavy atom. The van der Waals surface area contributed by atoms with Crippen LogP contribution in [0.2, 0.25) is 0 Å². The second-order valence-electron chi connectivity index (χ2n) is 4.66. The summed E-state index contributed by atoms with van der Waals surface area (Å²) in [6.07, 6.45) is 6.74. The molecule has 1 aliphatic rings. The van der Waals surface area contributed by atoms with Crippen molar-refractivity contribution in [2.24, 2.45) is 0 Å². The van der Waals surface area contributed by atoms with E-state index in [9.17, 15) is 0 Å². The van der Waals surface area contributed by atoms with E-state index in [2.05, 4.69) is 45.5 Å². The SMILES string of the molecule is CC(c1cccs1)n1cnc(CNC2CC2)c1. The second-order valence-corrected chi connectivity index (χ2v) is 5.64. The van der Waals surface area contributed by atoms with E-state index < -0.39 is 0 Å². The van der Waals surface area contributed by atoms with Gasteiger partial charge in [-0.2, -0.15) is 0 Å². The van der Waals surface area contributed by atoms with Gasteiger partial charge < -0.3 is 9.88 Å². The number of hydrogen-bond donors (Lipinski definition) is 1. The zero-order chi connectivity index (χ0) is 11.7. The molecular weight excluding hydrogens is 230 g/mol. The van der Waals surface area contributed by atoms with Gasteiger partial charge in [-0.15, -0.1) is 11.3 Å². The van der Waals surface area contributed by atoms with Crippen LogP contribution in [0.4, 0.5) is 0 Å². The molecule has 2 aromatic heterocycles. The van der Waals surface area contributed by atoms with Crippen molar-refractivity contribution >= 4 is 11.3 Å². The normalized spacial score (nSPS) is 17.2. The summed E-state index contributed by atoms with van der Waals surface area (Å²) in [6, 6.07) is 5.41. The highest BCUT2D eigenvalue weighted by Gasteiger charge is 2.20. The summed E-state index contributed by atoms with van der Waals surface area (Å²) < 4.78 is 2.19. The molecule has 3 rings (SSSR count). The molecule has 0 aromatic carbocycles. The molecule has 0 saturated heterocycles. The molecule has 0 aliphatic heterocycles. The fourth-order valence-electron chi connectivity index (χ4n) is 1.89. The van der Waals surface area contributed by atoms with E-state index in [1.165, 1.54) is 17.7 Å². The molecule has 1 fully saturated rings. The van der Waals surface area contributed by atoms with Crippen LogP contribution in [0.25, 0.3) is 0 Å². The first-order valence-corrected chi connectivity index (χ1v) is 7.00. The molecular formula is C13H17N3S. The van der Waals surface area contributed by atoms with Gasteiger partial charge in [0, 0.05) is 23.7 Å². The summed E-state index contributed by atoms with van der Waals surface area (Å²) in [7, 11) is 0. The summed E-state index contributed by atoms with van der Waals surface area (Å²) in [5.74, 6) is 0. The van der Waals surface area contributed by atoms with Gasteiger partial charge in [0.1, 0.15) is 0 Å². The van der Waals surface area contributed by atoms with Crippen molar-refractivity contribution in [1.29, 1.82) is 0 Å². The first-order chi connectivity index (χ1) is 8.33. The summed E-state index contributed by atoms with van der Waals surface area (Å²) in [5, 5.41) is 5.61. The third-order valence-corrected chi connectivity index (χ3v) is 4.25. The van der Waals surface area contributed by atoms with Gasteiger partial charge in [0.25, 0.3) is 0 Å². The lowest BCUT2D eigenvalue weighted by molar-refractivity contribution is 0.644. The highest BCUT2D eigenvalue weighted by Crippen LogP contribution is 2.23. The van der Waals surface area contributed by atoms with Crippen LogP contribution in [0.15, 0.2) is 30.0 Å². The molecule has 1 N–H and O–H groups in total. The summed E-state index contributed by atoms with van der Waals surface area (Å²) in [5.41, 5.74) is 1.14. The quantitative estimate of drug-likeness (QED) is 0.880. The number of imidazole rings is 1. The van der Waals surface area contributed by atoms with Crippen molar-refractivity contribution < 1.29 is 0 Å². The van der Waals surface area contributed by atoms with E-state index in [4.69, 9.17) is 0 Å². The summed E-state index contributed by atoms with van der Waals surface area (Å²) in [6.45, 7) is 3.11. The van der Waals surface area contributed by atoms with Gasteiger partial charge in [0.15, 0.2) is 0 Å². The fraction of sp³-hybridized carbons (Fsp3) is 0.462. The Morgan fingerprint density at radius 1 is 1.59 bits per heavy atom. The molecule has 1 aliphatic carbocycles. The minimum Gasteiger partial charge on any atom is -0.329 e. The number of nitrogens with one attached hydrogen (secondary N) is 1. The average molecular weight is 247 g/mol. The van der Waals surface area contributed by atoms with E-state index in [0.29, 0.717) is 6.04 Å². The fourth-order valence-corrected chi connectivity index (χ4v) is 2.68. The number of thiophene rings is 1. The van der Waals surface area contributed by atoms with Crippen molar-refractivity contribution in [3.05, 3.63) is 40.6 Å². The lowest BCUT2D eigenvalue weighted by Gasteiger charge is -2.10. The monoisotopic (exact) mass is 247 g/mol. The Labute approximate surface area is 106 Å². The zero-order valence-corrected chi connectivity index (χ0v) is 10.8. The van der Waals surface area contributed by atoms with Crippen molar-refractivity contribution in [2.75, 3.05) is 0 Å². The molecule has 3 nitrogen and oxygen atoms in total. The average Bonchev–Trinajstić information content (AvgIpc) is 2.86. The third kappa shape index (κ3) is 2.58. The van der Waals surface area contributed by atoms with E-state index in [0.717, 1.165) is 18.3 Å². The Kier molecular flexibility index (Phi) is 2.99. The second kappa shape index (κ2) is 4.63. The van der Waals surface area contributed by atoms with Gasteiger partial charge in [0.2, 0.25) is 0 Å². The highest BCUT2D eigenvalue weighted by molar-refractivity contribution is 7.10. The van der Waals surface area contributed by atoms with Gasteiger partial charge >= 0.3 is 0 Å². The van der Waals surface area contributed by atoms with E-state index in [1.54, 1.807) is 11.3 Å². The topological polar surface area (TPSA) is 29.9 Å². The predicted molar refractivity (Wildman–Crippen MR) is 70.2 cm³/mol. The van der Waals surface area contributed by atoms with Crippen LogP contribution in [-0.4, -0.2) is 15.6 Å². The predicted octanol–water partition coefficient (Wildman–Crippen LogP) is 2.81. The largest absolute Gasteiger partial charge is 0.329 e. The molecule has 17 heavy (non-hydrogen) atoms. The molecule has 1 unspecified atom stereocenters. The molecule has 0 spiro atoms. The van der Waals surface area contributed by atoms with Gasteiger partial charge in [-0.05, 0) is 31.2 Å². The summed E-state index contributed by atoms with van der Waals surface area (Å²) >= 11 is 1.80. The van der Waals surface area contributed by atoms with Gasteiger partial charge in [0.05, 0.1) is 18.1 Å². The molecule has 0 amide bonds. The maximum Gasteiger partial charge on any atom is 0.0955 e. The zero-order valence-electron chi connectivity index (χ0n) is 9.97. The Hall–Kier alpha value is -1.13. The van der Waals surface area contributed by atoms with Crippen LogP contribution >= 0.6 is 11.3 Å². The maximum absolute atomic E-state index is 4.45. The highest BCUT2D eigenvalue weighted by atomic mass is 32.1. The van der Waals surface area contributed by atoms with Crippen molar-refractivity contribution in [2.45, 2.75) is 38.4 Å². The molecule has 1 atom stereocenters. The standard InChI is InChI=1S/C13H17N3S/c1-10(13-3-2-6-17-13)16-8-12(15-9-16)7-14-11-4-5-11/h2-3,6,8-11,14H,4-5,7H2,1H3. The molecule has 0 bridgehead atoms. The molecule has 2 heterocycles. The van der Waals surface area contributed by atoms with Crippen LogP contribution in [0.1, 0.15) is 36.4 Å². The molecule has 0 radical (unpaired) electrons. The lowest BCUT2D eigenvalue weighted by atomic mass is 10.3. The van der Waals surface area contributed by atoms with E-state index in [-0.39, 0.29) is 0 Å². The van der Waals surface area contributed by atoms with Crippen LogP contribution < -0.4 is 5.32 Å². The summed E-state index contributed by atoms with van der Waals surface area (Å²) in [4.78, 5) is 5.83. The molecule has 1 saturated carbocycles. The van der Waals surface area contributed by atoms with Crippen molar-refractivity contribution in [3.63, 3.8) is 0 Å². The number of nitrogens with zero attached hydrogens (tertiary/aromatic N) is 2. The molecule has 4 heteroatoms. The Morgan fingerprint density at radius 2 is 2.47 bits per heavy atom. The van der Waals surface area contributed by atoms with Crippen LogP contribution in [0.3, 0.4) is 0 Å². The van der Waals surface area contributed by atoms with Crippen molar-refractivity contribution in [1.82, 2.24) is 14.9 Å². The third-order valence-electron chi connectivity index (χ3n) is 3.21. The van der Waals surface area contributed by atoms with E-state index >= 15 is 0 Å². The van der Waals surface area contributed by atoms with Crippen molar-refractivity contribution in [3.8, 4) is 0 Å². The first-order valence-electron chi connectivity index (χ1n) is 6.12.